The van der Waals surface area contributed by atoms with Crippen LogP contribution in [0.5, 0.6) is 0 Å². The van der Waals surface area contributed by atoms with Gasteiger partial charge in [0.05, 0.1) is 17.8 Å². The van der Waals surface area contributed by atoms with Gasteiger partial charge >= 0.3 is 18.2 Å². The summed E-state index contributed by atoms with van der Waals surface area (Å²) in [7, 11) is 1.48. The first-order valence-electron chi connectivity index (χ1n) is 7.71. The van der Waals surface area contributed by atoms with Crippen molar-refractivity contribution in [1.82, 2.24) is 15.5 Å². The Kier molecular flexibility index (Phi) is 5.24. The van der Waals surface area contributed by atoms with Gasteiger partial charge in [-0.05, 0) is 12.8 Å². The molecular formula is C14H20F3N3O4. The molecule has 10 heteroatoms. The number of halogens is 3. The van der Waals surface area contributed by atoms with Gasteiger partial charge in [-0.2, -0.15) is 13.2 Å². The van der Waals surface area contributed by atoms with E-state index in [1.54, 1.807) is 0 Å². The number of rotatable bonds is 3. The summed E-state index contributed by atoms with van der Waals surface area (Å²) in [4.78, 5) is 35.9. The average Bonchev–Trinajstić information content (AvgIpc) is 3.12. The summed E-state index contributed by atoms with van der Waals surface area (Å²) in [5.74, 6) is -5.98. The van der Waals surface area contributed by atoms with E-state index in [1.165, 1.54) is 7.05 Å². The lowest BCUT2D eigenvalue weighted by Gasteiger charge is -2.24. The van der Waals surface area contributed by atoms with Gasteiger partial charge < -0.3 is 20.6 Å². The third-order valence-corrected chi connectivity index (χ3v) is 4.75. The van der Waals surface area contributed by atoms with E-state index in [0.717, 1.165) is 11.3 Å². The molecule has 1 saturated carbocycles. The van der Waals surface area contributed by atoms with Crippen LogP contribution in [0.2, 0.25) is 0 Å². The van der Waals surface area contributed by atoms with E-state index in [-0.39, 0.29) is 5.91 Å². The van der Waals surface area contributed by atoms with E-state index < -0.39 is 55.1 Å². The third-order valence-electron chi connectivity index (χ3n) is 4.75. The molecule has 1 aliphatic heterocycles. The highest BCUT2D eigenvalue weighted by Crippen LogP contribution is 2.38. The predicted octanol–water partition coefficient (Wildman–Crippen LogP) is 0.806. The number of likely N-dealkylation sites (tertiary alicyclic amines) is 1. The van der Waals surface area contributed by atoms with Crippen molar-refractivity contribution in [2.24, 2.45) is 17.8 Å². The van der Waals surface area contributed by atoms with Crippen LogP contribution in [0, 0.1) is 17.8 Å². The molecule has 2 aliphatic rings. The summed E-state index contributed by atoms with van der Waals surface area (Å²) in [6, 6.07) is -1.21. The fourth-order valence-electron chi connectivity index (χ4n) is 3.43. The topological polar surface area (TPSA) is 98.7 Å². The molecular weight excluding hydrogens is 331 g/mol. The first-order valence-corrected chi connectivity index (χ1v) is 7.71. The van der Waals surface area contributed by atoms with Crippen molar-refractivity contribution in [2.45, 2.75) is 31.5 Å². The van der Waals surface area contributed by atoms with Crippen LogP contribution in [-0.4, -0.2) is 60.3 Å². The van der Waals surface area contributed by atoms with Gasteiger partial charge in [-0.25, -0.2) is 4.79 Å². The Morgan fingerprint density at radius 2 is 1.79 bits per heavy atom. The van der Waals surface area contributed by atoms with Crippen LogP contribution in [0.1, 0.15) is 19.3 Å². The summed E-state index contributed by atoms with van der Waals surface area (Å²) >= 11 is 0. The fraction of sp³-hybridized carbons (Fsp3) is 0.786. The first kappa shape index (κ1) is 18.3. The summed E-state index contributed by atoms with van der Waals surface area (Å²) < 4.78 is 38.9. The average molecular weight is 351 g/mol. The lowest BCUT2D eigenvalue weighted by Crippen LogP contribution is -2.48. The number of urea groups is 1. The second-order valence-electron chi connectivity index (χ2n) is 6.21. The second-order valence-corrected chi connectivity index (χ2v) is 6.21. The number of hydrogen-bond donors (Lipinski definition) is 3. The number of amides is 3. The zero-order chi connectivity index (χ0) is 18.1. The van der Waals surface area contributed by atoms with E-state index in [0.29, 0.717) is 12.8 Å². The van der Waals surface area contributed by atoms with E-state index >= 15 is 0 Å². The summed E-state index contributed by atoms with van der Waals surface area (Å²) in [5.41, 5.74) is 0. The van der Waals surface area contributed by atoms with Crippen molar-refractivity contribution in [1.29, 1.82) is 0 Å². The van der Waals surface area contributed by atoms with Gasteiger partial charge in [-0.3, -0.25) is 9.59 Å². The van der Waals surface area contributed by atoms with Crippen molar-refractivity contribution in [3.63, 3.8) is 0 Å². The minimum atomic E-state index is -4.68. The summed E-state index contributed by atoms with van der Waals surface area (Å²) in [6.45, 7) is -1.19. The number of alkyl halides is 3. The Morgan fingerprint density at radius 3 is 2.29 bits per heavy atom. The van der Waals surface area contributed by atoms with E-state index in [4.69, 9.17) is 5.11 Å². The molecule has 0 aromatic heterocycles. The molecule has 2 rings (SSSR count). The Morgan fingerprint density at radius 1 is 1.12 bits per heavy atom. The molecule has 2 unspecified atom stereocenters. The minimum absolute atomic E-state index is 0.226. The first-order chi connectivity index (χ1) is 11.1. The molecule has 1 heterocycles. The molecule has 136 valence electrons. The van der Waals surface area contributed by atoms with Crippen LogP contribution < -0.4 is 10.6 Å². The zero-order valence-corrected chi connectivity index (χ0v) is 13.1. The molecule has 1 saturated heterocycles. The molecule has 0 spiro atoms. The molecule has 2 fully saturated rings. The smallest absolute Gasteiger partial charge is 0.394 e. The lowest BCUT2D eigenvalue weighted by molar-refractivity contribution is -0.187. The molecule has 0 bridgehead atoms. The second kappa shape index (κ2) is 6.86. The molecule has 0 radical (unpaired) electrons. The van der Waals surface area contributed by atoms with Gasteiger partial charge in [0.1, 0.15) is 0 Å². The van der Waals surface area contributed by atoms with E-state index in [2.05, 4.69) is 10.6 Å². The van der Waals surface area contributed by atoms with Crippen molar-refractivity contribution < 1.29 is 32.7 Å². The van der Waals surface area contributed by atoms with Crippen molar-refractivity contribution in [3.8, 4) is 0 Å². The fourth-order valence-corrected chi connectivity index (χ4v) is 3.43. The molecule has 7 nitrogen and oxygen atoms in total. The highest BCUT2D eigenvalue weighted by Gasteiger charge is 2.53. The Hall–Kier alpha value is -2.00. The van der Waals surface area contributed by atoms with Gasteiger partial charge in [0.25, 0.3) is 0 Å². The third kappa shape index (κ3) is 3.73. The van der Waals surface area contributed by atoms with Gasteiger partial charge in [-0.1, -0.05) is 6.42 Å². The van der Waals surface area contributed by atoms with Crippen LogP contribution in [-0.2, 0) is 9.59 Å². The number of carboxylic acid groups (broad SMARTS) is 1. The predicted molar refractivity (Wildman–Crippen MR) is 76.0 cm³/mol. The molecule has 0 aromatic rings. The molecule has 3 amide bonds. The quantitative estimate of drug-likeness (QED) is 0.701. The molecule has 1 aliphatic carbocycles. The highest BCUT2D eigenvalue weighted by molar-refractivity contribution is 5.82. The van der Waals surface area contributed by atoms with Gasteiger partial charge in [0.2, 0.25) is 5.91 Å². The maximum absolute atomic E-state index is 13.0. The monoisotopic (exact) mass is 351 g/mol. The van der Waals surface area contributed by atoms with Crippen molar-refractivity contribution in [2.75, 3.05) is 20.1 Å². The number of carboxylic acids is 1. The van der Waals surface area contributed by atoms with Crippen LogP contribution in [0.3, 0.4) is 0 Å². The largest absolute Gasteiger partial charge is 0.481 e. The minimum Gasteiger partial charge on any atom is -0.481 e. The van der Waals surface area contributed by atoms with Crippen molar-refractivity contribution >= 4 is 17.9 Å². The molecule has 24 heavy (non-hydrogen) atoms. The lowest BCUT2D eigenvalue weighted by atomic mass is 9.96. The molecule has 4 atom stereocenters. The molecule has 0 aromatic carbocycles. The maximum atomic E-state index is 13.0. The Balaban J connectivity index is 2.03. The number of carbonyl (C=O) groups is 3. The number of aliphatic carboxylic acids is 1. The maximum Gasteiger partial charge on any atom is 0.394 e. The Bertz CT molecular complexity index is 526. The molecule has 3 N–H and O–H groups in total. The number of nitrogens with one attached hydrogen (secondary N) is 2. The van der Waals surface area contributed by atoms with Crippen molar-refractivity contribution in [3.05, 3.63) is 0 Å². The van der Waals surface area contributed by atoms with Crippen LogP contribution in [0.15, 0.2) is 0 Å². The number of carbonyl (C=O) groups excluding carboxylic acids is 2. The van der Waals surface area contributed by atoms with E-state index in [1.807, 2.05) is 0 Å². The number of hydrogen-bond acceptors (Lipinski definition) is 3. The summed E-state index contributed by atoms with van der Waals surface area (Å²) in [6.07, 6.45) is -2.81. The summed E-state index contributed by atoms with van der Waals surface area (Å²) in [5, 5.41) is 14.0. The Labute approximate surface area is 136 Å². The van der Waals surface area contributed by atoms with E-state index in [9.17, 15) is 27.6 Å². The van der Waals surface area contributed by atoms with Crippen LogP contribution >= 0.6 is 0 Å². The standard InChI is InChI=1S/C14H20F3N3O4/c1-18-11(21)7-3-2-4-10(7)19-13(24)20-5-8(12(22)23)9(6-20)14(15,16)17/h7-10H,2-6H2,1H3,(H,18,21)(H,19,24)(H,22,23)/t7?,8-,9-,10?/m1/s1. The van der Waals surface area contributed by atoms with Crippen LogP contribution in [0.25, 0.3) is 0 Å². The number of nitrogens with zero attached hydrogens (tertiary/aromatic N) is 1. The van der Waals surface area contributed by atoms with Gasteiger partial charge in [0, 0.05) is 26.2 Å². The normalized spacial score (nSPS) is 30.2. The van der Waals surface area contributed by atoms with Gasteiger partial charge in [0.15, 0.2) is 0 Å². The van der Waals surface area contributed by atoms with Crippen LogP contribution in [0.4, 0.5) is 18.0 Å². The van der Waals surface area contributed by atoms with Gasteiger partial charge in [-0.15, -0.1) is 0 Å². The zero-order valence-electron chi connectivity index (χ0n) is 13.1. The SMILES string of the molecule is CNC(=O)C1CCCC1NC(=O)N1C[C@@H](C(F)(F)F)[C@H](C(=O)O)C1. The highest BCUT2D eigenvalue weighted by atomic mass is 19.4.